The van der Waals surface area contributed by atoms with Gasteiger partial charge >= 0.3 is 12.1 Å². The van der Waals surface area contributed by atoms with E-state index in [4.69, 9.17) is 10.5 Å². The van der Waals surface area contributed by atoms with E-state index in [9.17, 15) is 9.59 Å². The van der Waals surface area contributed by atoms with Crippen LogP contribution < -0.4 is 15.8 Å². The van der Waals surface area contributed by atoms with Crippen LogP contribution in [0.1, 0.15) is 5.56 Å². The lowest BCUT2D eigenvalue weighted by molar-refractivity contribution is -0.142. The number of nitrogens with two attached hydrogens (primary N) is 1. The topological polar surface area (TPSA) is 90.6 Å². The number of benzene rings is 1. The minimum Gasteiger partial charge on any atom is -0.468 e. The minimum absolute atomic E-state index is 0.368. The molecule has 0 aromatic heterocycles. The molecule has 0 spiro atoms. The standard InChI is InChI=1S/C12H16N2O4/c1-14-12(16)18-9-5-3-8(4-6-9)7-10(13)11(15)17-2/h3-6,10H,7,13H2,1-2H3,(H,14,16)/t10-/m0/s1. The molecule has 1 amide bonds. The number of esters is 1. The van der Waals surface area contributed by atoms with Gasteiger partial charge in [-0.05, 0) is 24.1 Å². The maximum absolute atomic E-state index is 11.1. The van der Waals surface area contributed by atoms with E-state index in [-0.39, 0.29) is 0 Å². The van der Waals surface area contributed by atoms with Crippen LogP contribution in [0.4, 0.5) is 4.79 Å². The first-order valence-electron chi connectivity index (χ1n) is 5.38. The molecule has 1 atom stereocenters. The maximum atomic E-state index is 11.1. The number of ether oxygens (including phenoxy) is 2. The normalized spacial score (nSPS) is 11.5. The van der Waals surface area contributed by atoms with Gasteiger partial charge in [-0.1, -0.05) is 12.1 Å². The summed E-state index contributed by atoms with van der Waals surface area (Å²) >= 11 is 0. The van der Waals surface area contributed by atoms with Crippen molar-refractivity contribution in [2.24, 2.45) is 5.73 Å². The Morgan fingerprint density at radius 3 is 2.44 bits per heavy atom. The van der Waals surface area contributed by atoms with Crippen LogP contribution in [0.3, 0.4) is 0 Å². The first kappa shape index (κ1) is 14.0. The highest BCUT2D eigenvalue weighted by molar-refractivity contribution is 5.75. The Morgan fingerprint density at radius 1 is 1.33 bits per heavy atom. The number of carbonyl (C=O) groups is 2. The van der Waals surface area contributed by atoms with Gasteiger partial charge in [-0.15, -0.1) is 0 Å². The minimum atomic E-state index is -0.694. The predicted molar refractivity (Wildman–Crippen MR) is 65.2 cm³/mol. The lowest BCUT2D eigenvalue weighted by Crippen LogP contribution is -2.33. The lowest BCUT2D eigenvalue weighted by atomic mass is 10.1. The van der Waals surface area contributed by atoms with Crippen LogP contribution in [0.2, 0.25) is 0 Å². The number of carbonyl (C=O) groups excluding carboxylic acids is 2. The molecule has 1 rings (SSSR count). The monoisotopic (exact) mass is 252 g/mol. The molecule has 0 fully saturated rings. The van der Waals surface area contributed by atoms with Crippen LogP contribution in [0.5, 0.6) is 5.75 Å². The van der Waals surface area contributed by atoms with Crippen molar-refractivity contribution in [1.82, 2.24) is 5.32 Å². The zero-order chi connectivity index (χ0) is 13.5. The number of nitrogens with one attached hydrogen (secondary N) is 1. The largest absolute Gasteiger partial charge is 0.468 e. The second kappa shape index (κ2) is 6.61. The van der Waals surface area contributed by atoms with Crippen LogP contribution in [0.25, 0.3) is 0 Å². The second-order valence-corrected chi connectivity index (χ2v) is 3.62. The van der Waals surface area contributed by atoms with E-state index >= 15 is 0 Å². The molecule has 0 saturated carbocycles. The van der Waals surface area contributed by atoms with Crippen molar-refractivity contribution in [2.75, 3.05) is 14.2 Å². The zero-order valence-corrected chi connectivity index (χ0v) is 10.3. The fourth-order valence-corrected chi connectivity index (χ4v) is 1.34. The molecule has 0 aliphatic carbocycles. The predicted octanol–water partition coefficient (Wildman–Crippen LogP) is 0.448. The molecular weight excluding hydrogens is 236 g/mol. The maximum Gasteiger partial charge on any atom is 0.412 e. The first-order chi connectivity index (χ1) is 8.56. The van der Waals surface area contributed by atoms with Crippen molar-refractivity contribution >= 4 is 12.1 Å². The van der Waals surface area contributed by atoms with Gasteiger partial charge < -0.3 is 20.5 Å². The summed E-state index contributed by atoms with van der Waals surface area (Å²) < 4.78 is 9.45. The number of hydrogen-bond acceptors (Lipinski definition) is 5. The number of methoxy groups -OCH3 is 1. The van der Waals surface area contributed by atoms with E-state index in [1.807, 2.05) is 0 Å². The molecule has 98 valence electrons. The fraction of sp³-hybridized carbons (Fsp3) is 0.333. The van der Waals surface area contributed by atoms with Gasteiger partial charge in [0.2, 0.25) is 0 Å². The van der Waals surface area contributed by atoms with E-state index < -0.39 is 18.1 Å². The third-order valence-electron chi connectivity index (χ3n) is 2.30. The molecule has 6 nitrogen and oxygen atoms in total. The Bertz CT molecular complexity index is 417. The first-order valence-corrected chi connectivity index (χ1v) is 5.38. The van der Waals surface area contributed by atoms with Gasteiger partial charge in [0, 0.05) is 7.05 Å². The summed E-state index contributed by atoms with van der Waals surface area (Å²) in [6.45, 7) is 0. The quantitative estimate of drug-likeness (QED) is 0.759. The molecule has 0 aliphatic heterocycles. The SMILES string of the molecule is CNC(=O)Oc1ccc(C[C@H](N)C(=O)OC)cc1. The summed E-state index contributed by atoms with van der Waals surface area (Å²) in [5.41, 5.74) is 6.49. The highest BCUT2D eigenvalue weighted by atomic mass is 16.6. The van der Waals surface area contributed by atoms with E-state index in [0.717, 1.165) is 5.56 Å². The van der Waals surface area contributed by atoms with Crippen molar-refractivity contribution in [3.63, 3.8) is 0 Å². The molecule has 18 heavy (non-hydrogen) atoms. The van der Waals surface area contributed by atoms with Gasteiger partial charge in [0.25, 0.3) is 0 Å². The molecule has 3 N–H and O–H groups in total. The van der Waals surface area contributed by atoms with E-state index in [2.05, 4.69) is 10.1 Å². The van der Waals surface area contributed by atoms with E-state index in [0.29, 0.717) is 12.2 Å². The molecule has 0 heterocycles. The molecule has 0 saturated heterocycles. The Morgan fingerprint density at radius 2 is 1.94 bits per heavy atom. The van der Waals surface area contributed by atoms with Gasteiger partial charge in [-0.3, -0.25) is 4.79 Å². The molecule has 1 aromatic rings. The molecular formula is C12H16N2O4. The average Bonchev–Trinajstić information content (AvgIpc) is 2.39. The summed E-state index contributed by atoms with van der Waals surface area (Å²) in [5, 5.41) is 2.34. The molecule has 0 aliphatic rings. The van der Waals surface area contributed by atoms with Crippen LogP contribution in [0.15, 0.2) is 24.3 Å². The van der Waals surface area contributed by atoms with E-state index in [1.54, 1.807) is 24.3 Å². The summed E-state index contributed by atoms with van der Waals surface area (Å²) in [6, 6.07) is 6.05. The van der Waals surface area contributed by atoms with Gasteiger partial charge in [-0.2, -0.15) is 0 Å². The van der Waals surface area contributed by atoms with Gasteiger partial charge in [0.1, 0.15) is 11.8 Å². The highest BCUT2D eigenvalue weighted by Gasteiger charge is 2.14. The molecule has 1 aromatic carbocycles. The van der Waals surface area contributed by atoms with Crippen LogP contribution in [-0.2, 0) is 16.0 Å². The van der Waals surface area contributed by atoms with Gasteiger partial charge in [-0.25, -0.2) is 4.79 Å². The number of rotatable bonds is 4. The van der Waals surface area contributed by atoms with Crippen LogP contribution in [-0.4, -0.2) is 32.3 Å². The molecule has 0 unspecified atom stereocenters. The summed E-state index contributed by atoms with van der Waals surface area (Å²) in [5.74, 6) is -0.0366. The van der Waals surface area contributed by atoms with Crippen molar-refractivity contribution in [1.29, 1.82) is 0 Å². The lowest BCUT2D eigenvalue weighted by Gasteiger charge is -2.09. The summed E-state index contributed by atoms with van der Waals surface area (Å²) in [4.78, 5) is 22.1. The average molecular weight is 252 g/mol. The second-order valence-electron chi connectivity index (χ2n) is 3.62. The van der Waals surface area contributed by atoms with Crippen molar-refractivity contribution in [3.8, 4) is 5.75 Å². The molecule has 0 radical (unpaired) electrons. The number of hydrogen-bond donors (Lipinski definition) is 2. The van der Waals surface area contributed by atoms with Crippen LogP contribution in [0, 0.1) is 0 Å². The zero-order valence-electron chi connectivity index (χ0n) is 10.3. The molecule has 6 heteroatoms. The van der Waals surface area contributed by atoms with Crippen molar-refractivity contribution in [3.05, 3.63) is 29.8 Å². The van der Waals surface area contributed by atoms with Gasteiger partial charge in [0.15, 0.2) is 0 Å². The van der Waals surface area contributed by atoms with Crippen molar-refractivity contribution in [2.45, 2.75) is 12.5 Å². The third kappa shape index (κ3) is 4.06. The van der Waals surface area contributed by atoms with Crippen molar-refractivity contribution < 1.29 is 19.1 Å². The van der Waals surface area contributed by atoms with Crippen LogP contribution >= 0.6 is 0 Å². The summed E-state index contributed by atoms with van der Waals surface area (Å²) in [6.07, 6.45) is -0.165. The Labute approximate surface area is 105 Å². The number of amides is 1. The molecule has 0 bridgehead atoms. The Kier molecular flexibility index (Phi) is 5.13. The smallest absolute Gasteiger partial charge is 0.412 e. The van der Waals surface area contributed by atoms with Gasteiger partial charge in [0.05, 0.1) is 7.11 Å². The third-order valence-corrected chi connectivity index (χ3v) is 2.30. The fourth-order valence-electron chi connectivity index (χ4n) is 1.34. The Balaban J connectivity index is 2.60. The summed E-state index contributed by atoms with van der Waals surface area (Å²) in [7, 11) is 2.77. The van der Waals surface area contributed by atoms with E-state index in [1.165, 1.54) is 14.2 Å². The highest BCUT2D eigenvalue weighted by Crippen LogP contribution is 2.13. The Hall–Kier alpha value is -2.08.